The van der Waals surface area contributed by atoms with Gasteiger partial charge >= 0.3 is 5.97 Å². The summed E-state index contributed by atoms with van der Waals surface area (Å²) in [6.07, 6.45) is 0. The summed E-state index contributed by atoms with van der Waals surface area (Å²) >= 11 is 0. The predicted molar refractivity (Wildman–Crippen MR) is 95.0 cm³/mol. The number of aliphatic carboxylic acids is 1. The highest BCUT2D eigenvalue weighted by molar-refractivity contribution is 5.89. The van der Waals surface area contributed by atoms with Crippen molar-refractivity contribution in [2.75, 3.05) is 6.61 Å². The van der Waals surface area contributed by atoms with Crippen molar-refractivity contribution in [1.29, 1.82) is 0 Å². The molecule has 136 valence electrons. The molecular weight excluding hydrogens is 320 g/mol. The van der Waals surface area contributed by atoms with E-state index in [4.69, 9.17) is 4.74 Å². The van der Waals surface area contributed by atoms with Crippen LogP contribution in [0.4, 0.5) is 0 Å². The first-order valence-electron chi connectivity index (χ1n) is 8.43. The van der Waals surface area contributed by atoms with Crippen molar-refractivity contribution in [2.45, 2.75) is 47.1 Å². The number of rotatable bonds is 5. The van der Waals surface area contributed by atoms with Crippen LogP contribution in [0.3, 0.4) is 0 Å². The van der Waals surface area contributed by atoms with Crippen LogP contribution in [0.2, 0.25) is 0 Å². The smallest absolute Gasteiger partial charge is 0.311 e. The Balaban J connectivity index is 2.18. The molecule has 0 fully saturated rings. The SMILES string of the molecule is CC(C)C(C(=O)O)c1ccc(CN2N=C(C(C)(C)C)OCC2=O)cc1. The minimum absolute atomic E-state index is 0.00288. The lowest BCUT2D eigenvalue weighted by Crippen LogP contribution is -2.40. The van der Waals surface area contributed by atoms with E-state index >= 15 is 0 Å². The van der Waals surface area contributed by atoms with Gasteiger partial charge in [-0.25, -0.2) is 5.01 Å². The molecule has 25 heavy (non-hydrogen) atoms. The lowest BCUT2D eigenvalue weighted by atomic mass is 9.88. The number of hydrogen-bond donors (Lipinski definition) is 1. The largest absolute Gasteiger partial charge is 0.481 e. The van der Waals surface area contributed by atoms with Gasteiger partial charge in [0.25, 0.3) is 5.91 Å². The first-order valence-corrected chi connectivity index (χ1v) is 8.43. The number of amides is 1. The van der Waals surface area contributed by atoms with E-state index in [0.717, 1.165) is 11.1 Å². The van der Waals surface area contributed by atoms with Crippen LogP contribution in [0.5, 0.6) is 0 Å². The number of carbonyl (C=O) groups excluding carboxylic acids is 1. The van der Waals surface area contributed by atoms with Gasteiger partial charge in [-0.05, 0) is 17.0 Å². The molecule has 1 unspecified atom stereocenters. The average Bonchev–Trinajstić information content (AvgIpc) is 2.49. The average molecular weight is 346 g/mol. The highest BCUT2D eigenvalue weighted by Gasteiger charge is 2.29. The standard InChI is InChI=1S/C19H26N2O4/c1-12(2)16(17(23)24)14-8-6-13(7-9-14)10-21-15(22)11-25-18(20-21)19(3,4)5/h6-9,12,16H,10-11H2,1-5H3,(H,23,24). The van der Waals surface area contributed by atoms with Crippen LogP contribution in [-0.2, 0) is 20.9 Å². The topological polar surface area (TPSA) is 79.2 Å². The van der Waals surface area contributed by atoms with Gasteiger partial charge in [-0.2, -0.15) is 0 Å². The fraction of sp³-hybridized carbons (Fsp3) is 0.526. The minimum Gasteiger partial charge on any atom is -0.481 e. The number of nitrogens with zero attached hydrogens (tertiary/aromatic N) is 2. The Morgan fingerprint density at radius 1 is 1.28 bits per heavy atom. The summed E-state index contributed by atoms with van der Waals surface area (Å²) in [5, 5.41) is 15.1. The second kappa shape index (κ2) is 7.25. The molecule has 1 aromatic carbocycles. The molecule has 1 aromatic rings. The van der Waals surface area contributed by atoms with Crippen LogP contribution in [-0.4, -0.2) is 34.5 Å². The molecule has 1 N–H and O–H groups in total. The Kier molecular flexibility index (Phi) is 5.50. The molecule has 6 nitrogen and oxygen atoms in total. The lowest BCUT2D eigenvalue weighted by Gasteiger charge is -2.29. The van der Waals surface area contributed by atoms with Crippen molar-refractivity contribution in [3.05, 3.63) is 35.4 Å². The Hall–Kier alpha value is -2.37. The Morgan fingerprint density at radius 2 is 1.88 bits per heavy atom. The fourth-order valence-corrected chi connectivity index (χ4v) is 2.70. The van der Waals surface area contributed by atoms with E-state index in [2.05, 4.69) is 5.10 Å². The number of ether oxygens (including phenoxy) is 1. The van der Waals surface area contributed by atoms with Crippen molar-refractivity contribution in [3.63, 3.8) is 0 Å². The number of carboxylic acids is 1. The molecule has 0 aromatic heterocycles. The van der Waals surface area contributed by atoms with Crippen LogP contribution in [0.15, 0.2) is 29.4 Å². The first kappa shape index (κ1) is 19.0. The Bertz CT molecular complexity index is 672. The molecule has 1 atom stereocenters. The molecule has 1 amide bonds. The maximum Gasteiger partial charge on any atom is 0.311 e. The van der Waals surface area contributed by atoms with E-state index in [0.29, 0.717) is 12.4 Å². The summed E-state index contributed by atoms with van der Waals surface area (Å²) in [5.74, 6) is -1.02. The summed E-state index contributed by atoms with van der Waals surface area (Å²) in [6, 6.07) is 7.33. The normalized spacial score (nSPS) is 16.5. The maximum absolute atomic E-state index is 12.0. The van der Waals surface area contributed by atoms with Crippen molar-refractivity contribution >= 4 is 17.8 Å². The van der Waals surface area contributed by atoms with Gasteiger partial charge in [-0.3, -0.25) is 9.59 Å². The van der Waals surface area contributed by atoms with E-state index < -0.39 is 11.9 Å². The van der Waals surface area contributed by atoms with E-state index in [1.165, 1.54) is 5.01 Å². The van der Waals surface area contributed by atoms with Crippen molar-refractivity contribution in [1.82, 2.24) is 5.01 Å². The Labute approximate surface area is 148 Å². The number of hydrazone groups is 1. The van der Waals surface area contributed by atoms with Gasteiger partial charge in [-0.15, -0.1) is 5.10 Å². The predicted octanol–water partition coefficient (Wildman–Crippen LogP) is 3.23. The quantitative estimate of drug-likeness (QED) is 0.888. The molecule has 1 aliphatic rings. The molecule has 0 bridgehead atoms. The lowest BCUT2D eigenvalue weighted by molar-refractivity contribution is -0.140. The summed E-state index contributed by atoms with van der Waals surface area (Å²) < 4.78 is 5.42. The second-order valence-electron chi connectivity index (χ2n) is 7.70. The van der Waals surface area contributed by atoms with Gasteiger partial charge < -0.3 is 9.84 Å². The van der Waals surface area contributed by atoms with Gasteiger partial charge in [0.05, 0.1) is 12.5 Å². The minimum atomic E-state index is -0.828. The summed E-state index contributed by atoms with van der Waals surface area (Å²) in [5.41, 5.74) is 1.39. The van der Waals surface area contributed by atoms with E-state index in [1.807, 2.05) is 58.9 Å². The number of hydrogen-bond acceptors (Lipinski definition) is 4. The van der Waals surface area contributed by atoms with E-state index in [-0.39, 0.29) is 23.8 Å². The van der Waals surface area contributed by atoms with Gasteiger partial charge in [0.1, 0.15) is 0 Å². The molecule has 0 saturated heterocycles. The zero-order valence-electron chi connectivity index (χ0n) is 15.4. The summed E-state index contributed by atoms with van der Waals surface area (Å²) in [7, 11) is 0. The van der Waals surface area contributed by atoms with Crippen LogP contribution in [0.1, 0.15) is 51.7 Å². The molecule has 0 saturated carbocycles. The molecule has 0 aliphatic carbocycles. The van der Waals surface area contributed by atoms with Crippen LogP contribution in [0, 0.1) is 11.3 Å². The monoisotopic (exact) mass is 346 g/mol. The fourth-order valence-electron chi connectivity index (χ4n) is 2.70. The van der Waals surface area contributed by atoms with Crippen molar-refractivity contribution < 1.29 is 19.4 Å². The van der Waals surface area contributed by atoms with Gasteiger partial charge in [-0.1, -0.05) is 58.9 Å². The van der Waals surface area contributed by atoms with Crippen LogP contribution < -0.4 is 0 Å². The van der Waals surface area contributed by atoms with Gasteiger partial charge in [0.2, 0.25) is 5.90 Å². The maximum atomic E-state index is 12.0. The summed E-state index contributed by atoms with van der Waals surface area (Å²) in [4.78, 5) is 23.5. The van der Waals surface area contributed by atoms with Gasteiger partial charge in [0, 0.05) is 5.41 Å². The van der Waals surface area contributed by atoms with Crippen LogP contribution in [0.25, 0.3) is 0 Å². The number of carboxylic acid groups (broad SMARTS) is 1. The molecular formula is C19H26N2O4. The van der Waals surface area contributed by atoms with Crippen molar-refractivity contribution in [2.24, 2.45) is 16.4 Å². The third-order valence-corrected chi connectivity index (χ3v) is 4.08. The molecule has 0 spiro atoms. The highest BCUT2D eigenvalue weighted by atomic mass is 16.5. The van der Waals surface area contributed by atoms with E-state index in [1.54, 1.807) is 0 Å². The number of benzene rings is 1. The third-order valence-electron chi connectivity index (χ3n) is 4.08. The van der Waals surface area contributed by atoms with E-state index in [9.17, 15) is 14.7 Å². The molecule has 2 rings (SSSR count). The second-order valence-corrected chi connectivity index (χ2v) is 7.70. The van der Waals surface area contributed by atoms with Gasteiger partial charge in [0.15, 0.2) is 6.61 Å². The van der Waals surface area contributed by atoms with Crippen LogP contribution >= 0.6 is 0 Å². The highest BCUT2D eigenvalue weighted by Crippen LogP contribution is 2.26. The zero-order chi connectivity index (χ0) is 18.8. The zero-order valence-corrected chi connectivity index (χ0v) is 15.4. The third kappa shape index (κ3) is 4.59. The van der Waals surface area contributed by atoms with Crippen molar-refractivity contribution in [3.8, 4) is 0 Å². The number of carbonyl (C=O) groups is 2. The Morgan fingerprint density at radius 3 is 2.36 bits per heavy atom. The molecule has 1 heterocycles. The molecule has 0 radical (unpaired) electrons. The first-order chi connectivity index (χ1) is 11.6. The molecule has 6 heteroatoms. The summed E-state index contributed by atoms with van der Waals surface area (Å²) in [6.45, 7) is 10.0. The molecule has 1 aliphatic heterocycles.